The highest BCUT2D eigenvalue weighted by Gasteiger charge is 2.09. The SMILES string of the molecule is CCCc1noc(CCC(=O)NCc2ncn[nH]2)n1. The lowest BCUT2D eigenvalue weighted by Crippen LogP contribution is -2.23. The van der Waals surface area contributed by atoms with E-state index in [0.717, 1.165) is 12.8 Å². The van der Waals surface area contributed by atoms with Gasteiger partial charge >= 0.3 is 0 Å². The van der Waals surface area contributed by atoms with Crippen LogP contribution in [0.4, 0.5) is 0 Å². The lowest BCUT2D eigenvalue weighted by Gasteiger charge is -2.00. The van der Waals surface area contributed by atoms with E-state index in [4.69, 9.17) is 4.52 Å². The summed E-state index contributed by atoms with van der Waals surface area (Å²) in [6.45, 7) is 2.39. The van der Waals surface area contributed by atoms with E-state index in [2.05, 4.69) is 30.6 Å². The van der Waals surface area contributed by atoms with Gasteiger partial charge in [0.15, 0.2) is 5.82 Å². The Morgan fingerprint density at radius 3 is 3.11 bits per heavy atom. The molecular formula is C11H16N6O2. The third kappa shape index (κ3) is 4.16. The van der Waals surface area contributed by atoms with Crippen molar-refractivity contribution in [3.8, 4) is 0 Å². The van der Waals surface area contributed by atoms with E-state index in [-0.39, 0.29) is 5.91 Å². The second-order valence-electron chi connectivity index (χ2n) is 4.06. The molecule has 2 rings (SSSR count). The number of carbonyl (C=O) groups excluding carboxylic acids is 1. The van der Waals surface area contributed by atoms with Crippen LogP contribution in [0.25, 0.3) is 0 Å². The molecule has 0 fully saturated rings. The molecule has 0 radical (unpaired) electrons. The molecule has 0 saturated heterocycles. The highest BCUT2D eigenvalue weighted by molar-refractivity contribution is 5.75. The molecule has 2 N–H and O–H groups in total. The van der Waals surface area contributed by atoms with Gasteiger partial charge in [-0.1, -0.05) is 12.1 Å². The number of aromatic nitrogens is 5. The number of H-pyrrole nitrogens is 1. The standard InChI is InChI=1S/C11H16N6O2/c1-2-3-8-15-11(19-17-8)5-4-10(18)12-6-9-13-7-14-16-9/h7H,2-6H2,1H3,(H,12,18)(H,13,14,16). The third-order valence-corrected chi connectivity index (χ3v) is 2.47. The minimum Gasteiger partial charge on any atom is -0.349 e. The predicted octanol–water partition coefficient (Wildman–Crippen LogP) is 0.389. The molecule has 0 aliphatic heterocycles. The second-order valence-corrected chi connectivity index (χ2v) is 4.06. The van der Waals surface area contributed by atoms with Crippen molar-refractivity contribution < 1.29 is 9.32 Å². The van der Waals surface area contributed by atoms with E-state index < -0.39 is 0 Å². The Hall–Kier alpha value is -2.25. The Morgan fingerprint density at radius 1 is 1.47 bits per heavy atom. The number of carbonyl (C=O) groups is 1. The molecule has 0 atom stereocenters. The molecule has 0 aliphatic carbocycles. The first-order chi connectivity index (χ1) is 9.28. The molecule has 2 aromatic heterocycles. The fourth-order valence-corrected chi connectivity index (χ4v) is 1.52. The van der Waals surface area contributed by atoms with Gasteiger partial charge in [0.25, 0.3) is 0 Å². The number of hydrogen-bond donors (Lipinski definition) is 2. The van der Waals surface area contributed by atoms with Crippen LogP contribution in [0.2, 0.25) is 0 Å². The number of rotatable bonds is 7. The van der Waals surface area contributed by atoms with Gasteiger partial charge < -0.3 is 9.84 Å². The van der Waals surface area contributed by atoms with Crippen LogP contribution in [0, 0.1) is 0 Å². The maximum Gasteiger partial charge on any atom is 0.227 e. The molecule has 19 heavy (non-hydrogen) atoms. The summed E-state index contributed by atoms with van der Waals surface area (Å²) in [5.74, 6) is 1.72. The summed E-state index contributed by atoms with van der Waals surface area (Å²) in [4.78, 5) is 19.7. The molecule has 2 aromatic rings. The topological polar surface area (TPSA) is 110 Å². The van der Waals surface area contributed by atoms with Gasteiger partial charge in [0, 0.05) is 19.3 Å². The van der Waals surface area contributed by atoms with Crippen LogP contribution >= 0.6 is 0 Å². The van der Waals surface area contributed by atoms with Crippen LogP contribution in [0.1, 0.15) is 37.3 Å². The van der Waals surface area contributed by atoms with E-state index in [1.807, 2.05) is 6.92 Å². The van der Waals surface area contributed by atoms with Crippen molar-refractivity contribution in [3.63, 3.8) is 0 Å². The number of nitrogens with zero attached hydrogens (tertiary/aromatic N) is 4. The quantitative estimate of drug-likeness (QED) is 0.748. The number of nitrogens with one attached hydrogen (secondary N) is 2. The molecule has 8 nitrogen and oxygen atoms in total. The molecule has 8 heteroatoms. The fourth-order valence-electron chi connectivity index (χ4n) is 1.52. The molecule has 0 aromatic carbocycles. The van der Waals surface area contributed by atoms with Gasteiger partial charge in [-0.15, -0.1) is 0 Å². The molecule has 0 aliphatic rings. The van der Waals surface area contributed by atoms with E-state index in [1.54, 1.807) is 0 Å². The van der Waals surface area contributed by atoms with Crippen molar-refractivity contribution in [1.82, 2.24) is 30.6 Å². The number of aromatic amines is 1. The first-order valence-electron chi connectivity index (χ1n) is 6.20. The van der Waals surface area contributed by atoms with E-state index in [0.29, 0.717) is 36.9 Å². The average molecular weight is 264 g/mol. The van der Waals surface area contributed by atoms with Crippen LogP contribution in [0.3, 0.4) is 0 Å². The van der Waals surface area contributed by atoms with Crippen molar-refractivity contribution in [2.75, 3.05) is 0 Å². The predicted molar refractivity (Wildman–Crippen MR) is 64.8 cm³/mol. The van der Waals surface area contributed by atoms with Gasteiger partial charge in [0.2, 0.25) is 11.8 Å². The van der Waals surface area contributed by atoms with Gasteiger partial charge in [-0.3, -0.25) is 9.89 Å². The molecule has 0 spiro atoms. The maximum atomic E-state index is 11.6. The zero-order chi connectivity index (χ0) is 13.5. The number of hydrogen-bond acceptors (Lipinski definition) is 6. The normalized spacial score (nSPS) is 10.6. The van der Waals surface area contributed by atoms with Crippen molar-refractivity contribution in [2.24, 2.45) is 0 Å². The minimum absolute atomic E-state index is 0.0911. The Labute approximate surface area is 110 Å². The first-order valence-corrected chi connectivity index (χ1v) is 6.20. The van der Waals surface area contributed by atoms with Crippen molar-refractivity contribution in [1.29, 1.82) is 0 Å². The lowest BCUT2D eigenvalue weighted by atomic mass is 10.3. The van der Waals surface area contributed by atoms with Crippen LogP contribution in [-0.2, 0) is 24.2 Å². The van der Waals surface area contributed by atoms with Gasteiger partial charge in [-0.05, 0) is 6.42 Å². The van der Waals surface area contributed by atoms with Crippen LogP contribution in [-0.4, -0.2) is 31.2 Å². The Morgan fingerprint density at radius 2 is 2.37 bits per heavy atom. The van der Waals surface area contributed by atoms with Crippen LogP contribution in [0.5, 0.6) is 0 Å². The van der Waals surface area contributed by atoms with E-state index in [9.17, 15) is 4.79 Å². The lowest BCUT2D eigenvalue weighted by molar-refractivity contribution is -0.121. The maximum absolute atomic E-state index is 11.6. The monoisotopic (exact) mass is 264 g/mol. The fraction of sp³-hybridized carbons (Fsp3) is 0.545. The van der Waals surface area contributed by atoms with Crippen molar-refractivity contribution >= 4 is 5.91 Å². The Bertz CT molecular complexity index is 507. The van der Waals surface area contributed by atoms with Crippen LogP contribution < -0.4 is 5.32 Å². The first kappa shape index (κ1) is 13.2. The zero-order valence-electron chi connectivity index (χ0n) is 10.7. The molecule has 0 unspecified atom stereocenters. The molecular weight excluding hydrogens is 248 g/mol. The molecule has 0 saturated carbocycles. The zero-order valence-corrected chi connectivity index (χ0v) is 10.7. The molecule has 102 valence electrons. The average Bonchev–Trinajstić information content (AvgIpc) is 3.05. The van der Waals surface area contributed by atoms with Crippen LogP contribution in [0.15, 0.2) is 10.9 Å². The third-order valence-electron chi connectivity index (χ3n) is 2.47. The molecule has 1 amide bonds. The molecule has 0 bridgehead atoms. The van der Waals surface area contributed by atoms with E-state index >= 15 is 0 Å². The Kier molecular flexibility index (Phi) is 4.60. The summed E-state index contributed by atoms with van der Waals surface area (Å²) in [5, 5.41) is 12.9. The number of amides is 1. The van der Waals surface area contributed by atoms with Crippen molar-refractivity contribution in [2.45, 2.75) is 39.2 Å². The van der Waals surface area contributed by atoms with Gasteiger partial charge in [-0.25, -0.2) is 4.98 Å². The summed E-state index contributed by atoms with van der Waals surface area (Å²) in [7, 11) is 0. The summed E-state index contributed by atoms with van der Waals surface area (Å²) in [6, 6.07) is 0. The van der Waals surface area contributed by atoms with Crippen molar-refractivity contribution in [3.05, 3.63) is 23.9 Å². The highest BCUT2D eigenvalue weighted by Crippen LogP contribution is 2.03. The highest BCUT2D eigenvalue weighted by atomic mass is 16.5. The smallest absolute Gasteiger partial charge is 0.227 e. The van der Waals surface area contributed by atoms with Gasteiger partial charge in [0.1, 0.15) is 12.2 Å². The van der Waals surface area contributed by atoms with Gasteiger partial charge in [0.05, 0.1) is 6.54 Å². The Balaban J connectivity index is 1.70. The summed E-state index contributed by atoms with van der Waals surface area (Å²) in [5.41, 5.74) is 0. The van der Waals surface area contributed by atoms with Gasteiger partial charge in [-0.2, -0.15) is 10.1 Å². The molecule has 2 heterocycles. The second kappa shape index (κ2) is 6.62. The summed E-state index contributed by atoms with van der Waals surface area (Å²) >= 11 is 0. The largest absolute Gasteiger partial charge is 0.349 e. The summed E-state index contributed by atoms with van der Waals surface area (Å²) in [6.07, 6.45) is 3.91. The minimum atomic E-state index is -0.0911. The van der Waals surface area contributed by atoms with E-state index in [1.165, 1.54) is 6.33 Å². The number of aryl methyl sites for hydroxylation is 2. The summed E-state index contributed by atoms with van der Waals surface area (Å²) < 4.78 is 5.05.